The molecular formula is C10H11ClF3NO2S. The van der Waals surface area contributed by atoms with Gasteiger partial charge in [-0.15, -0.1) is 0 Å². The van der Waals surface area contributed by atoms with Gasteiger partial charge in [0.25, 0.3) is 0 Å². The van der Waals surface area contributed by atoms with Gasteiger partial charge in [0.1, 0.15) is 0 Å². The molecule has 0 amide bonds. The SMILES string of the molecule is Nc1cc(S(=O)(=O)CCCC(F)(F)F)ccc1Cl. The van der Waals surface area contributed by atoms with Crippen LogP contribution < -0.4 is 5.73 Å². The van der Waals surface area contributed by atoms with Crippen LogP contribution in [0.3, 0.4) is 0 Å². The smallest absolute Gasteiger partial charge is 0.389 e. The zero-order valence-corrected chi connectivity index (χ0v) is 10.7. The molecule has 0 aliphatic heterocycles. The van der Waals surface area contributed by atoms with Gasteiger partial charge >= 0.3 is 6.18 Å². The highest BCUT2D eigenvalue weighted by molar-refractivity contribution is 7.91. The molecule has 0 heterocycles. The van der Waals surface area contributed by atoms with Crippen LogP contribution in [-0.2, 0) is 9.84 Å². The van der Waals surface area contributed by atoms with Crippen LogP contribution >= 0.6 is 11.6 Å². The zero-order chi connectivity index (χ0) is 14.0. The van der Waals surface area contributed by atoms with E-state index in [0.717, 1.165) is 6.07 Å². The predicted molar refractivity (Wildman–Crippen MR) is 63.2 cm³/mol. The second-order valence-corrected chi connectivity index (χ2v) is 6.24. The number of nitrogen functional groups attached to an aromatic ring is 1. The summed E-state index contributed by atoms with van der Waals surface area (Å²) in [5, 5.41) is 0.198. The van der Waals surface area contributed by atoms with Crippen LogP contribution in [0.25, 0.3) is 0 Å². The molecule has 1 rings (SSSR count). The van der Waals surface area contributed by atoms with Gasteiger partial charge < -0.3 is 5.73 Å². The van der Waals surface area contributed by atoms with E-state index < -0.39 is 34.6 Å². The maximum atomic E-state index is 11.9. The maximum Gasteiger partial charge on any atom is 0.389 e. The average molecular weight is 302 g/mol. The number of alkyl halides is 3. The molecule has 102 valence electrons. The topological polar surface area (TPSA) is 60.2 Å². The minimum Gasteiger partial charge on any atom is -0.397 e. The summed E-state index contributed by atoms with van der Waals surface area (Å²) in [6, 6.07) is 3.67. The number of hydrogen-bond donors (Lipinski definition) is 1. The van der Waals surface area contributed by atoms with Crippen molar-refractivity contribution in [1.82, 2.24) is 0 Å². The van der Waals surface area contributed by atoms with Gasteiger partial charge in [0.15, 0.2) is 9.84 Å². The zero-order valence-electron chi connectivity index (χ0n) is 9.17. The third-order valence-corrected chi connectivity index (χ3v) is 4.34. The molecule has 0 bridgehead atoms. The molecule has 0 unspecified atom stereocenters. The van der Waals surface area contributed by atoms with Gasteiger partial charge in [0, 0.05) is 6.42 Å². The van der Waals surface area contributed by atoms with E-state index in [1.165, 1.54) is 12.1 Å². The van der Waals surface area contributed by atoms with E-state index in [1.807, 2.05) is 0 Å². The fourth-order valence-corrected chi connectivity index (χ4v) is 2.76. The van der Waals surface area contributed by atoms with Crippen molar-refractivity contribution in [3.05, 3.63) is 23.2 Å². The predicted octanol–water partition coefficient (Wildman–Crippen LogP) is 3.04. The molecular weight excluding hydrogens is 291 g/mol. The Balaban J connectivity index is 2.77. The lowest BCUT2D eigenvalue weighted by atomic mass is 10.3. The molecule has 1 aromatic rings. The number of sulfone groups is 1. The van der Waals surface area contributed by atoms with Crippen molar-refractivity contribution in [2.45, 2.75) is 23.9 Å². The number of anilines is 1. The van der Waals surface area contributed by atoms with Gasteiger partial charge in [0.2, 0.25) is 0 Å². The lowest BCUT2D eigenvalue weighted by Crippen LogP contribution is -2.12. The Morgan fingerprint density at radius 2 is 1.89 bits per heavy atom. The summed E-state index contributed by atoms with van der Waals surface area (Å²) in [7, 11) is -3.76. The van der Waals surface area contributed by atoms with Crippen molar-refractivity contribution in [3.8, 4) is 0 Å². The summed E-state index contributed by atoms with van der Waals surface area (Å²) in [5.74, 6) is -0.576. The summed E-state index contributed by atoms with van der Waals surface area (Å²) in [6.07, 6.45) is -5.96. The number of hydrogen-bond acceptors (Lipinski definition) is 3. The number of halogens is 4. The minimum absolute atomic E-state index is 0.0774. The van der Waals surface area contributed by atoms with Crippen LogP contribution in [0.1, 0.15) is 12.8 Å². The van der Waals surface area contributed by atoms with Crippen LogP contribution in [0, 0.1) is 0 Å². The largest absolute Gasteiger partial charge is 0.397 e. The summed E-state index contributed by atoms with van der Waals surface area (Å²) in [5.41, 5.74) is 5.52. The highest BCUT2D eigenvalue weighted by Crippen LogP contribution is 2.25. The first-order valence-corrected chi connectivity index (χ1v) is 6.99. The first-order chi connectivity index (χ1) is 8.12. The molecule has 0 aromatic heterocycles. The molecule has 0 saturated carbocycles. The normalized spacial score (nSPS) is 12.7. The highest BCUT2D eigenvalue weighted by Gasteiger charge is 2.27. The van der Waals surface area contributed by atoms with Gasteiger partial charge in [-0.2, -0.15) is 13.2 Å². The van der Waals surface area contributed by atoms with E-state index in [4.69, 9.17) is 17.3 Å². The third-order valence-electron chi connectivity index (χ3n) is 2.20. The maximum absolute atomic E-state index is 11.9. The van der Waals surface area contributed by atoms with Gasteiger partial charge in [-0.1, -0.05) is 11.6 Å². The Labute approximate surface area is 108 Å². The quantitative estimate of drug-likeness (QED) is 0.870. The molecule has 0 atom stereocenters. The average Bonchev–Trinajstić information content (AvgIpc) is 2.19. The lowest BCUT2D eigenvalue weighted by molar-refractivity contribution is -0.134. The van der Waals surface area contributed by atoms with Crippen LogP contribution in [0.2, 0.25) is 5.02 Å². The minimum atomic E-state index is -4.35. The first-order valence-electron chi connectivity index (χ1n) is 4.96. The lowest BCUT2D eigenvalue weighted by Gasteiger charge is -2.08. The van der Waals surface area contributed by atoms with Crippen LogP contribution in [0.4, 0.5) is 18.9 Å². The molecule has 0 radical (unpaired) electrons. The summed E-state index contributed by atoms with van der Waals surface area (Å²) in [4.78, 5) is -0.119. The Bertz CT molecular complexity index is 528. The molecule has 18 heavy (non-hydrogen) atoms. The van der Waals surface area contributed by atoms with Crippen LogP contribution in [-0.4, -0.2) is 20.3 Å². The monoisotopic (exact) mass is 301 g/mol. The van der Waals surface area contributed by atoms with E-state index >= 15 is 0 Å². The van der Waals surface area contributed by atoms with E-state index in [0.29, 0.717) is 0 Å². The van der Waals surface area contributed by atoms with Crippen molar-refractivity contribution >= 4 is 27.1 Å². The summed E-state index contributed by atoms with van der Waals surface area (Å²) in [6.45, 7) is 0. The number of rotatable bonds is 4. The van der Waals surface area contributed by atoms with Gasteiger partial charge in [-0.3, -0.25) is 0 Å². The van der Waals surface area contributed by atoms with Crippen LogP contribution in [0.5, 0.6) is 0 Å². The molecule has 8 heteroatoms. The molecule has 3 nitrogen and oxygen atoms in total. The Kier molecular flexibility index (Phi) is 4.50. The van der Waals surface area contributed by atoms with E-state index in [1.54, 1.807) is 0 Å². The summed E-state index contributed by atoms with van der Waals surface area (Å²) >= 11 is 5.63. The third kappa shape index (κ3) is 4.38. The van der Waals surface area contributed by atoms with E-state index in [9.17, 15) is 21.6 Å². The molecule has 1 aromatic carbocycles. The molecule has 2 N–H and O–H groups in total. The van der Waals surface area contributed by atoms with E-state index in [2.05, 4.69) is 0 Å². The summed E-state index contributed by atoms with van der Waals surface area (Å²) < 4.78 is 59.2. The number of benzene rings is 1. The Morgan fingerprint density at radius 1 is 1.28 bits per heavy atom. The molecule has 0 spiro atoms. The Hall–Kier alpha value is -0.950. The van der Waals surface area contributed by atoms with Crippen molar-refractivity contribution in [2.75, 3.05) is 11.5 Å². The van der Waals surface area contributed by atoms with E-state index in [-0.39, 0.29) is 15.6 Å². The second kappa shape index (κ2) is 5.36. The fraction of sp³-hybridized carbons (Fsp3) is 0.400. The first kappa shape index (κ1) is 15.1. The van der Waals surface area contributed by atoms with Crippen molar-refractivity contribution in [2.24, 2.45) is 0 Å². The van der Waals surface area contributed by atoms with Crippen molar-refractivity contribution < 1.29 is 21.6 Å². The number of nitrogens with two attached hydrogens (primary N) is 1. The Morgan fingerprint density at radius 3 is 2.39 bits per heavy atom. The second-order valence-electron chi connectivity index (χ2n) is 3.72. The van der Waals surface area contributed by atoms with Crippen molar-refractivity contribution in [3.63, 3.8) is 0 Å². The molecule has 0 saturated heterocycles. The van der Waals surface area contributed by atoms with Gasteiger partial charge in [0.05, 0.1) is 21.4 Å². The highest BCUT2D eigenvalue weighted by atomic mass is 35.5. The molecule has 0 aliphatic carbocycles. The molecule has 0 aliphatic rings. The van der Waals surface area contributed by atoms with Gasteiger partial charge in [-0.25, -0.2) is 8.42 Å². The van der Waals surface area contributed by atoms with Crippen molar-refractivity contribution in [1.29, 1.82) is 0 Å². The van der Waals surface area contributed by atoms with Gasteiger partial charge in [-0.05, 0) is 24.6 Å². The molecule has 0 fully saturated rings. The van der Waals surface area contributed by atoms with Crippen LogP contribution in [0.15, 0.2) is 23.1 Å². The standard InChI is InChI=1S/C10H11ClF3NO2S/c11-8-3-2-7(6-9(8)15)18(16,17)5-1-4-10(12,13)14/h2-3,6H,1,4-5,15H2. The fourth-order valence-electron chi connectivity index (χ4n) is 1.30.